The minimum Gasteiger partial charge on any atom is -0.398 e. The Labute approximate surface area is 144 Å². The van der Waals surface area contributed by atoms with Crippen LogP contribution in [-0.4, -0.2) is 43.3 Å². The number of carbonyl (C=O) groups excluding carboxylic acids is 3. The molecule has 2 heterocycles. The van der Waals surface area contributed by atoms with Gasteiger partial charge in [-0.05, 0) is 18.6 Å². The Hall–Kier alpha value is -2.13. The van der Waals surface area contributed by atoms with E-state index in [4.69, 9.17) is 5.73 Å². The summed E-state index contributed by atoms with van der Waals surface area (Å²) in [6.45, 7) is 0. The van der Waals surface area contributed by atoms with Gasteiger partial charge in [-0.15, -0.1) is 12.4 Å². The van der Waals surface area contributed by atoms with Crippen molar-refractivity contribution in [1.82, 2.24) is 10.2 Å². The number of nitrogens with two attached hydrogens (primary N) is 1. The van der Waals surface area contributed by atoms with Crippen LogP contribution in [0.15, 0.2) is 18.2 Å². The maximum absolute atomic E-state index is 12.7. The summed E-state index contributed by atoms with van der Waals surface area (Å²) in [5.74, 6) is -1.68. The summed E-state index contributed by atoms with van der Waals surface area (Å²) in [4.78, 5) is 37.1. The van der Waals surface area contributed by atoms with Crippen LogP contribution in [-0.2, 0) is 19.4 Å². The number of amides is 3. The van der Waals surface area contributed by atoms with Crippen LogP contribution in [0, 0.1) is 0 Å². The predicted molar refractivity (Wildman–Crippen MR) is 88.0 cm³/mol. The van der Waals surface area contributed by atoms with Gasteiger partial charge in [-0.2, -0.15) is 0 Å². The number of rotatable bonds is 2. The molecular weight excluding hydrogens is 358 g/mol. The van der Waals surface area contributed by atoms with Gasteiger partial charge in [-0.3, -0.25) is 19.7 Å². The number of anilines is 1. The number of piperidine rings is 1. The average Bonchev–Trinajstić information content (AvgIpc) is 2.74. The van der Waals surface area contributed by atoms with Gasteiger partial charge in [0.15, 0.2) is 15.2 Å². The van der Waals surface area contributed by atoms with Crippen LogP contribution in [0.5, 0.6) is 0 Å². The Morgan fingerprint density at radius 3 is 2.50 bits per heavy atom. The molecule has 1 aromatic rings. The molecule has 2 aliphatic rings. The summed E-state index contributed by atoms with van der Waals surface area (Å²) in [6, 6.07) is 3.53. The fourth-order valence-electron chi connectivity index (χ4n) is 3.10. The van der Waals surface area contributed by atoms with Crippen molar-refractivity contribution in [3.8, 4) is 0 Å². The van der Waals surface area contributed by atoms with Crippen LogP contribution < -0.4 is 11.1 Å². The highest BCUT2D eigenvalue weighted by Crippen LogP contribution is 2.42. The van der Waals surface area contributed by atoms with Crippen molar-refractivity contribution in [3.63, 3.8) is 0 Å². The van der Waals surface area contributed by atoms with Crippen molar-refractivity contribution in [3.05, 3.63) is 29.3 Å². The van der Waals surface area contributed by atoms with E-state index in [-0.39, 0.29) is 42.1 Å². The van der Waals surface area contributed by atoms with E-state index in [0.717, 1.165) is 11.2 Å². The minimum absolute atomic E-state index is 0. The highest BCUT2D eigenvalue weighted by molar-refractivity contribution is 7.90. The lowest BCUT2D eigenvalue weighted by molar-refractivity contribution is -0.137. The molecule has 2 aliphatic heterocycles. The number of nitrogens with one attached hydrogen (secondary N) is 1. The first-order chi connectivity index (χ1) is 10.7. The van der Waals surface area contributed by atoms with Gasteiger partial charge in [-0.1, -0.05) is 6.07 Å². The zero-order valence-electron chi connectivity index (χ0n) is 12.7. The van der Waals surface area contributed by atoms with Crippen molar-refractivity contribution in [2.24, 2.45) is 0 Å². The molecule has 2 unspecified atom stereocenters. The molecule has 1 saturated heterocycles. The highest BCUT2D eigenvalue weighted by atomic mass is 35.5. The van der Waals surface area contributed by atoms with E-state index >= 15 is 0 Å². The van der Waals surface area contributed by atoms with Crippen LogP contribution in [0.1, 0.15) is 34.1 Å². The first-order valence-corrected chi connectivity index (χ1v) is 8.91. The molecule has 0 aliphatic carbocycles. The molecule has 3 N–H and O–H groups in total. The summed E-state index contributed by atoms with van der Waals surface area (Å²) in [7, 11) is -3.75. The number of benzene rings is 1. The second-order valence-electron chi connectivity index (χ2n) is 5.67. The number of imide groups is 1. The third kappa shape index (κ3) is 2.73. The second-order valence-corrected chi connectivity index (χ2v) is 7.78. The normalized spacial score (nSPS) is 23.5. The van der Waals surface area contributed by atoms with Crippen molar-refractivity contribution in [2.45, 2.75) is 24.3 Å². The Balaban J connectivity index is 0.00000208. The summed E-state index contributed by atoms with van der Waals surface area (Å²) in [6.07, 6.45) is 1.12. The quantitative estimate of drug-likeness (QED) is 0.554. The molecule has 8 nitrogen and oxygen atoms in total. The topological polar surface area (TPSA) is 127 Å². The lowest BCUT2D eigenvalue weighted by Gasteiger charge is -2.33. The molecule has 1 aromatic carbocycles. The SMILES string of the molecule is CS(=O)(=O)C1c2c(N)cccc2C(=O)N1C1CCC(=O)NC1=O.Cl. The van der Waals surface area contributed by atoms with Gasteiger partial charge >= 0.3 is 0 Å². The van der Waals surface area contributed by atoms with Crippen molar-refractivity contribution in [2.75, 3.05) is 12.0 Å². The molecule has 0 saturated carbocycles. The van der Waals surface area contributed by atoms with Crippen molar-refractivity contribution in [1.29, 1.82) is 0 Å². The molecule has 0 aromatic heterocycles. The second kappa shape index (κ2) is 6.06. The predicted octanol–water partition coefficient (Wildman–Crippen LogP) is -0.00520. The van der Waals surface area contributed by atoms with Crippen molar-refractivity contribution >= 4 is 45.7 Å². The van der Waals surface area contributed by atoms with Crippen LogP contribution in [0.2, 0.25) is 0 Å². The van der Waals surface area contributed by atoms with Gasteiger partial charge < -0.3 is 10.6 Å². The molecule has 3 rings (SSSR count). The van der Waals surface area contributed by atoms with Crippen LogP contribution in [0.4, 0.5) is 5.69 Å². The number of nitrogen functional groups attached to an aromatic ring is 1. The number of hydrogen-bond donors (Lipinski definition) is 2. The summed E-state index contributed by atoms with van der Waals surface area (Å²) in [5, 5.41) is 0.818. The lowest BCUT2D eigenvalue weighted by atomic mass is 10.0. The standard InChI is InChI=1S/C14H15N3O5S.ClH/c1-23(21,22)14-11-7(3-2-4-8(11)15)13(20)17(14)9-5-6-10(18)16-12(9)19;/h2-4,9,14H,5-6,15H2,1H3,(H,16,18,19);1H. The smallest absolute Gasteiger partial charge is 0.256 e. The van der Waals surface area contributed by atoms with E-state index in [0.29, 0.717) is 0 Å². The van der Waals surface area contributed by atoms with E-state index in [1.54, 1.807) is 6.07 Å². The maximum atomic E-state index is 12.7. The number of fused-ring (bicyclic) bond motifs is 1. The summed E-state index contributed by atoms with van der Waals surface area (Å²) < 4.78 is 24.5. The Kier molecular flexibility index (Phi) is 4.60. The third-order valence-corrected chi connectivity index (χ3v) is 5.33. The monoisotopic (exact) mass is 373 g/mol. The van der Waals surface area contributed by atoms with E-state index in [1.807, 2.05) is 0 Å². The fraction of sp³-hybridized carbons (Fsp3) is 0.357. The van der Waals surface area contributed by atoms with E-state index in [2.05, 4.69) is 5.32 Å². The third-order valence-electron chi connectivity index (χ3n) is 4.06. The van der Waals surface area contributed by atoms with Crippen LogP contribution in [0.3, 0.4) is 0 Å². The highest BCUT2D eigenvalue weighted by Gasteiger charge is 2.49. The zero-order valence-corrected chi connectivity index (χ0v) is 14.3. The minimum atomic E-state index is -3.75. The van der Waals surface area contributed by atoms with Gasteiger partial charge in [0.2, 0.25) is 11.8 Å². The largest absolute Gasteiger partial charge is 0.398 e. The number of nitrogens with zero attached hydrogens (tertiary/aromatic N) is 1. The molecule has 0 bridgehead atoms. The Morgan fingerprint density at radius 1 is 1.25 bits per heavy atom. The molecule has 24 heavy (non-hydrogen) atoms. The van der Waals surface area contributed by atoms with E-state index in [1.165, 1.54) is 12.1 Å². The van der Waals surface area contributed by atoms with Crippen LogP contribution in [0.25, 0.3) is 0 Å². The van der Waals surface area contributed by atoms with Gasteiger partial charge in [0, 0.05) is 29.5 Å². The summed E-state index contributed by atoms with van der Waals surface area (Å²) in [5.41, 5.74) is 6.42. The Morgan fingerprint density at radius 2 is 1.92 bits per heavy atom. The zero-order chi connectivity index (χ0) is 16.9. The van der Waals surface area contributed by atoms with E-state index < -0.39 is 39.0 Å². The number of hydrogen-bond acceptors (Lipinski definition) is 6. The van der Waals surface area contributed by atoms with Gasteiger partial charge in [0.25, 0.3) is 5.91 Å². The van der Waals surface area contributed by atoms with Gasteiger partial charge in [-0.25, -0.2) is 8.42 Å². The average molecular weight is 374 g/mol. The van der Waals surface area contributed by atoms with Gasteiger partial charge in [0.1, 0.15) is 6.04 Å². The van der Waals surface area contributed by atoms with Crippen LogP contribution >= 0.6 is 12.4 Å². The van der Waals surface area contributed by atoms with E-state index in [9.17, 15) is 22.8 Å². The molecule has 130 valence electrons. The fourth-order valence-corrected chi connectivity index (χ4v) is 4.45. The summed E-state index contributed by atoms with van der Waals surface area (Å²) >= 11 is 0. The number of carbonyl (C=O) groups is 3. The number of halogens is 1. The first-order valence-electron chi connectivity index (χ1n) is 6.95. The molecule has 1 fully saturated rings. The lowest BCUT2D eigenvalue weighted by Crippen LogP contribution is -2.54. The molecule has 2 atom stereocenters. The Bertz CT molecular complexity index is 839. The number of sulfone groups is 1. The molecule has 10 heteroatoms. The molecule has 0 radical (unpaired) electrons. The molecular formula is C14H16ClN3O5S. The first kappa shape index (κ1) is 18.2. The maximum Gasteiger partial charge on any atom is 0.256 e. The van der Waals surface area contributed by atoms with Gasteiger partial charge in [0.05, 0.1) is 0 Å². The molecule has 3 amide bonds. The molecule has 0 spiro atoms. The van der Waals surface area contributed by atoms with Crippen molar-refractivity contribution < 1.29 is 22.8 Å².